The fourth-order valence-electron chi connectivity index (χ4n) is 0.963. The van der Waals surface area contributed by atoms with Gasteiger partial charge in [-0.3, -0.25) is 0 Å². The van der Waals surface area contributed by atoms with E-state index in [4.69, 9.17) is 0 Å². The van der Waals surface area contributed by atoms with Gasteiger partial charge in [0.15, 0.2) is 0 Å². The highest BCUT2D eigenvalue weighted by molar-refractivity contribution is 6.82. The van der Waals surface area contributed by atoms with Crippen molar-refractivity contribution in [2.45, 2.75) is 52.2 Å². The first kappa shape index (κ1) is 11.0. The van der Waals surface area contributed by atoms with Crippen molar-refractivity contribution in [3.63, 3.8) is 0 Å². The van der Waals surface area contributed by atoms with Gasteiger partial charge in [0.25, 0.3) is 0 Å². The van der Waals surface area contributed by atoms with Gasteiger partial charge in [-0.15, -0.1) is 6.58 Å². The van der Waals surface area contributed by atoms with Gasteiger partial charge in [0.1, 0.15) is 0 Å². The molecular weight excluding hydrogens is 148 g/mol. The number of unbranched alkanes of at least 4 members (excludes halogenated alkanes) is 2. The van der Waals surface area contributed by atoms with Crippen molar-refractivity contribution in [3.05, 3.63) is 11.8 Å². The van der Waals surface area contributed by atoms with Crippen LogP contribution in [0.1, 0.15) is 32.6 Å². The SMILES string of the molecule is C=C(CCCCC)[Si](C)(C)C. The Labute approximate surface area is 72.7 Å². The predicted molar refractivity (Wildman–Crippen MR) is 56.6 cm³/mol. The number of allylic oxidation sites excluding steroid dienone is 1. The van der Waals surface area contributed by atoms with E-state index in [0.29, 0.717) is 0 Å². The van der Waals surface area contributed by atoms with E-state index in [1.54, 1.807) is 0 Å². The van der Waals surface area contributed by atoms with E-state index >= 15 is 0 Å². The zero-order valence-corrected chi connectivity index (χ0v) is 9.54. The molecule has 0 aliphatic rings. The lowest BCUT2D eigenvalue weighted by molar-refractivity contribution is 0.723. The molecule has 0 radical (unpaired) electrons. The zero-order valence-electron chi connectivity index (χ0n) is 8.54. The standard InChI is InChI=1S/C10H22Si/c1-6-7-8-9-10(2)11(3,4)5/h2,6-9H2,1,3-5H3. The molecule has 0 aliphatic heterocycles. The van der Waals surface area contributed by atoms with Gasteiger partial charge in [0.2, 0.25) is 0 Å². The van der Waals surface area contributed by atoms with Crippen LogP contribution in [0.4, 0.5) is 0 Å². The Morgan fingerprint density at radius 2 is 1.73 bits per heavy atom. The molecule has 0 N–H and O–H groups in total. The fraction of sp³-hybridized carbons (Fsp3) is 0.800. The molecule has 0 aromatic heterocycles. The normalized spacial score (nSPS) is 11.6. The zero-order chi connectivity index (χ0) is 8.91. The smallest absolute Gasteiger partial charge is 0.0716 e. The Morgan fingerprint density at radius 3 is 2.09 bits per heavy atom. The second-order valence-electron chi connectivity index (χ2n) is 4.31. The first-order valence-corrected chi connectivity index (χ1v) is 8.16. The van der Waals surface area contributed by atoms with E-state index in [0.717, 1.165) is 0 Å². The summed E-state index contributed by atoms with van der Waals surface area (Å²) in [7, 11) is -1.01. The summed E-state index contributed by atoms with van der Waals surface area (Å²) in [6.07, 6.45) is 5.30. The maximum absolute atomic E-state index is 4.16. The molecule has 0 spiro atoms. The predicted octanol–water partition coefficient (Wildman–Crippen LogP) is 4.00. The van der Waals surface area contributed by atoms with Crippen LogP contribution in [0.15, 0.2) is 11.8 Å². The second kappa shape index (κ2) is 4.76. The van der Waals surface area contributed by atoms with Gasteiger partial charge in [0.05, 0.1) is 8.07 Å². The van der Waals surface area contributed by atoms with Crippen molar-refractivity contribution in [3.8, 4) is 0 Å². The lowest BCUT2D eigenvalue weighted by Crippen LogP contribution is -2.22. The second-order valence-corrected chi connectivity index (χ2v) is 9.52. The minimum absolute atomic E-state index is 1.01. The average Bonchev–Trinajstić information content (AvgIpc) is 1.86. The monoisotopic (exact) mass is 170 g/mol. The molecule has 0 atom stereocenters. The van der Waals surface area contributed by atoms with Gasteiger partial charge >= 0.3 is 0 Å². The van der Waals surface area contributed by atoms with Crippen LogP contribution in [0.5, 0.6) is 0 Å². The van der Waals surface area contributed by atoms with E-state index < -0.39 is 8.07 Å². The highest BCUT2D eigenvalue weighted by Gasteiger charge is 2.16. The number of rotatable bonds is 5. The summed E-state index contributed by atoms with van der Waals surface area (Å²) in [6, 6.07) is 0. The van der Waals surface area contributed by atoms with Gasteiger partial charge in [-0.25, -0.2) is 0 Å². The van der Waals surface area contributed by atoms with Gasteiger partial charge in [0, 0.05) is 0 Å². The third-order valence-electron chi connectivity index (χ3n) is 2.14. The van der Waals surface area contributed by atoms with E-state index in [1.165, 1.54) is 30.9 Å². The molecule has 0 amide bonds. The minimum atomic E-state index is -1.01. The molecule has 11 heavy (non-hydrogen) atoms. The first-order chi connectivity index (χ1) is 4.98. The Kier molecular flexibility index (Phi) is 4.74. The molecule has 66 valence electrons. The maximum Gasteiger partial charge on any atom is 0.0716 e. The third-order valence-corrected chi connectivity index (χ3v) is 4.51. The lowest BCUT2D eigenvalue weighted by Gasteiger charge is -2.19. The van der Waals surface area contributed by atoms with Crippen molar-refractivity contribution in [2.75, 3.05) is 0 Å². The van der Waals surface area contributed by atoms with Crippen molar-refractivity contribution < 1.29 is 0 Å². The van der Waals surface area contributed by atoms with E-state index in [-0.39, 0.29) is 0 Å². The van der Waals surface area contributed by atoms with Crippen LogP contribution in [0.3, 0.4) is 0 Å². The summed E-state index contributed by atoms with van der Waals surface area (Å²) in [5, 5.41) is 1.53. The van der Waals surface area contributed by atoms with Crippen LogP contribution < -0.4 is 0 Å². The Balaban J connectivity index is 3.54. The third kappa shape index (κ3) is 5.25. The number of hydrogen-bond donors (Lipinski definition) is 0. The van der Waals surface area contributed by atoms with Gasteiger partial charge < -0.3 is 0 Å². The molecule has 0 bridgehead atoms. The van der Waals surface area contributed by atoms with Crippen LogP contribution in [0.25, 0.3) is 0 Å². The average molecular weight is 170 g/mol. The van der Waals surface area contributed by atoms with Crippen molar-refractivity contribution >= 4 is 8.07 Å². The van der Waals surface area contributed by atoms with Gasteiger partial charge in [-0.1, -0.05) is 44.6 Å². The lowest BCUT2D eigenvalue weighted by atomic mass is 10.2. The molecule has 0 saturated carbocycles. The van der Waals surface area contributed by atoms with E-state index in [1.807, 2.05) is 0 Å². The summed E-state index contributed by atoms with van der Waals surface area (Å²) < 4.78 is 0. The molecule has 0 fully saturated rings. The summed E-state index contributed by atoms with van der Waals surface area (Å²) in [5.74, 6) is 0. The summed E-state index contributed by atoms with van der Waals surface area (Å²) >= 11 is 0. The highest BCUT2D eigenvalue weighted by Crippen LogP contribution is 2.18. The van der Waals surface area contributed by atoms with E-state index in [9.17, 15) is 0 Å². The quantitative estimate of drug-likeness (QED) is 0.432. The van der Waals surface area contributed by atoms with Crippen molar-refractivity contribution in [1.82, 2.24) is 0 Å². The summed E-state index contributed by atoms with van der Waals surface area (Å²) in [5.41, 5.74) is 0. The van der Waals surface area contributed by atoms with Crippen LogP contribution in [-0.2, 0) is 0 Å². The minimum Gasteiger partial charge on any atom is -0.104 e. The Bertz CT molecular complexity index is 119. The molecule has 0 nitrogen and oxygen atoms in total. The Morgan fingerprint density at radius 1 is 1.18 bits per heavy atom. The summed E-state index contributed by atoms with van der Waals surface area (Å²) in [6.45, 7) is 13.5. The molecular formula is C10H22Si. The molecule has 0 aromatic carbocycles. The molecule has 0 heterocycles. The van der Waals surface area contributed by atoms with Gasteiger partial charge in [-0.05, 0) is 12.8 Å². The molecule has 0 unspecified atom stereocenters. The molecule has 1 heteroatoms. The molecule has 0 rings (SSSR count). The largest absolute Gasteiger partial charge is 0.104 e. The maximum atomic E-state index is 4.16. The van der Waals surface area contributed by atoms with E-state index in [2.05, 4.69) is 33.1 Å². The Hall–Kier alpha value is -0.0431. The summed E-state index contributed by atoms with van der Waals surface area (Å²) in [4.78, 5) is 0. The van der Waals surface area contributed by atoms with Crippen molar-refractivity contribution in [2.24, 2.45) is 0 Å². The van der Waals surface area contributed by atoms with Gasteiger partial charge in [-0.2, -0.15) is 0 Å². The topological polar surface area (TPSA) is 0 Å². The molecule has 0 aliphatic carbocycles. The highest BCUT2D eigenvalue weighted by atomic mass is 28.3. The first-order valence-electron chi connectivity index (χ1n) is 4.66. The van der Waals surface area contributed by atoms with Crippen LogP contribution in [0, 0.1) is 0 Å². The fourth-order valence-corrected chi connectivity index (χ4v) is 1.89. The van der Waals surface area contributed by atoms with Crippen LogP contribution >= 0.6 is 0 Å². The number of hydrogen-bond acceptors (Lipinski definition) is 0. The molecule has 0 saturated heterocycles. The van der Waals surface area contributed by atoms with Crippen LogP contribution in [-0.4, -0.2) is 8.07 Å². The van der Waals surface area contributed by atoms with Crippen molar-refractivity contribution in [1.29, 1.82) is 0 Å². The molecule has 0 aromatic rings. The van der Waals surface area contributed by atoms with Crippen LogP contribution in [0.2, 0.25) is 19.6 Å².